The molecule has 1 unspecified atom stereocenters. The zero-order chi connectivity index (χ0) is 13.1. The van der Waals surface area contributed by atoms with Crippen LogP contribution in [0, 0.1) is 5.82 Å². The zero-order valence-corrected chi connectivity index (χ0v) is 11.1. The Bertz CT molecular complexity index is 394. The molecule has 2 fully saturated rings. The molecular weight excluding hydrogens is 243 g/mol. The average Bonchev–Trinajstić information content (AvgIpc) is 2.49. The molecule has 2 aliphatic rings. The van der Waals surface area contributed by atoms with Gasteiger partial charge in [0.25, 0.3) is 0 Å². The Hall–Kier alpha value is -1.17. The summed E-state index contributed by atoms with van der Waals surface area (Å²) in [6.45, 7) is 7.24. The first kappa shape index (κ1) is 12.8. The highest BCUT2D eigenvalue weighted by atomic mass is 19.1. The highest BCUT2D eigenvalue weighted by Gasteiger charge is 2.24. The van der Waals surface area contributed by atoms with Crippen LogP contribution in [0.25, 0.3) is 0 Å². The summed E-state index contributed by atoms with van der Waals surface area (Å²) in [6, 6.07) is 6.81. The number of nitrogens with one attached hydrogen (secondary N) is 2. The number of piperazine rings is 2. The molecule has 0 amide bonds. The van der Waals surface area contributed by atoms with E-state index in [9.17, 15) is 4.39 Å². The van der Waals surface area contributed by atoms with Crippen LogP contribution in [0.2, 0.25) is 0 Å². The lowest BCUT2D eigenvalue weighted by Gasteiger charge is -2.41. The summed E-state index contributed by atoms with van der Waals surface area (Å²) in [7, 11) is 0. The van der Waals surface area contributed by atoms with E-state index in [2.05, 4.69) is 20.4 Å². The van der Waals surface area contributed by atoms with Crippen molar-refractivity contribution in [2.75, 3.05) is 50.7 Å². The normalized spacial score (nSPS) is 25.5. The van der Waals surface area contributed by atoms with Gasteiger partial charge in [0.1, 0.15) is 5.82 Å². The lowest BCUT2D eigenvalue weighted by atomic mass is 10.2. The Labute approximate surface area is 113 Å². The quantitative estimate of drug-likeness (QED) is 0.813. The molecule has 4 nitrogen and oxygen atoms in total. The highest BCUT2D eigenvalue weighted by molar-refractivity contribution is 5.46. The summed E-state index contributed by atoms with van der Waals surface area (Å²) in [5, 5.41) is 6.97. The molecule has 2 heterocycles. The maximum atomic E-state index is 12.9. The lowest BCUT2D eigenvalue weighted by molar-refractivity contribution is 0.140. The minimum Gasteiger partial charge on any atom is -0.369 e. The molecule has 0 aliphatic carbocycles. The van der Waals surface area contributed by atoms with E-state index in [1.54, 1.807) is 0 Å². The Balaban J connectivity index is 1.55. The number of anilines is 1. The summed E-state index contributed by atoms with van der Waals surface area (Å²) in [6.07, 6.45) is 0.462. The van der Waals surface area contributed by atoms with Crippen LogP contribution in [0.5, 0.6) is 0 Å². The van der Waals surface area contributed by atoms with Crippen LogP contribution < -0.4 is 15.5 Å². The van der Waals surface area contributed by atoms with Crippen LogP contribution in [0.4, 0.5) is 10.1 Å². The minimum atomic E-state index is -0.167. The summed E-state index contributed by atoms with van der Waals surface area (Å²) >= 11 is 0. The van der Waals surface area contributed by atoms with Gasteiger partial charge in [0, 0.05) is 51.5 Å². The molecule has 1 atom stereocenters. The second-order valence-corrected chi connectivity index (χ2v) is 5.17. The van der Waals surface area contributed by atoms with E-state index < -0.39 is 0 Å². The predicted octanol–water partition coefficient (Wildman–Crippen LogP) is 0.467. The van der Waals surface area contributed by atoms with E-state index in [1.807, 2.05) is 12.1 Å². The van der Waals surface area contributed by atoms with Crippen molar-refractivity contribution < 1.29 is 4.39 Å². The molecular formula is C14H21FN4. The molecule has 2 N–H and O–H groups in total. The second kappa shape index (κ2) is 5.86. The monoisotopic (exact) mass is 264 g/mol. The highest BCUT2D eigenvalue weighted by Crippen LogP contribution is 2.17. The first-order valence-electron chi connectivity index (χ1n) is 7.01. The van der Waals surface area contributed by atoms with Crippen molar-refractivity contribution >= 4 is 5.69 Å². The van der Waals surface area contributed by atoms with E-state index in [1.165, 1.54) is 12.1 Å². The molecule has 0 saturated carbocycles. The van der Waals surface area contributed by atoms with Crippen molar-refractivity contribution in [3.63, 3.8) is 0 Å². The maximum Gasteiger partial charge on any atom is 0.123 e. The molecule has 5 heteroatoms. The van der Waals surface area contributed by atoms with Crippen LogP contribution in [0.15, 0.2) is 24.3 Å². The smallest absolute Gasteiger partial charge is 0.123 e. The number of hydrogen-bond donors (Lipinski definition) is 2. The van der Waals surface area contributed by atoms with Crippen molar-refractivity contribution in [1.29, 1.82) is 0 Å². The van der Waals surface area contributed by atoms with Gasteiger partial charge in [-0.1, -0.05) is 0 Å². The number of hydrogen-bond acceptors (Lipinski definition) is 4. The lowest BCUT2D eigenvalue weighted by Crippen LogP contribution is -2.61. The Morgan fingerprint density at radius 2 is 1.74 bits per heavy atom. The van der Waals surface area contributed by atoms with Crippen molar-refractivity contribution in [3.8, 4) is 0 Å². The average molecular weight is 264 g/mol. The standard InChI is InChI=1S/C14H21FN4/c15-12-1-3-13(4-2-12)18-7-9-19(10-8-18)14-11-16-5-6-17-14/h1-4,14,16-17H,5-11H2. The summed E-state index contributed by atoms with van der Waals surface area (Å²) in [5.41, 5.74) is 1.12. The minimum absolute atomic E-state index is 0.167. The van der Waals surface area contributed by atoms with Gasteiger partial charge < -0.3 is 10.2 Å². The van der Waals surface area contributed by atoms with Crippen molar-refractivity contribution in [2.24, 2.45) is 0 Å². The van der Waals surface area contributed by atoms with E-state index in [0.717, 1.165) is 51.5 Å². The van der Waals surface area contributed by atoms with Crippen LogP contribution >= 0.6 is 0 Å². The predicted molar refractivity (Wildman–Crippen MR) is 74.8 cm³/mol. The molecule has 2 saturated heterocycles. The van der Waals surface area contributed by atoms with Crippen LogP contribution in [0.1, 0.15) is 0 Å². The van der Waals surface area contributed by atoms with Gasteiger partial charge in [0.05, 0.1) is 6.17 Å². The molecule has 2 aliphatic heterocycles. The topological polar surface area (TPSA) is 30.5 Å². The first-order chi connectivity index (χ1) is 9.33. The molecule has 0 bridgehead atoms. The summed E-state index contributed by atoms with van der Waals surface area (Å²) < 4.78 is 12.9. The largest absolute Gasteiger partial charge is 0.369 e. The Morgan fingerprint density at radius 1 is 1.00 bits per heavy atom. The third-order valence-corrected chi connectivity index (χ3v) is 3.97. The van der Waals surface area contributed by atoms with Crippen molar-refractivity contribution in [2.45, 2.75) is 6.17 Å². The van der Waals surface area contributed by atoms with Crippen molar-refractivity contribution in [1.82, 2.24) is 15.5 Å². The first-order valence-corrected chi connectivity index (χ1v) is 7.01. The maximum absolute atomic E-state index is 12.9. The summed E-state index contributed by atoms with van der Waals surface area (Å²) in [4.78, 5) is 4.82. The molecule has 1 aromatic carbocycles. The Kier molecular flexibility index (Phi) is 3.96. The fourth-order valence-corrected chi connectivity index (χ4v) is 2.84. The summed E-state index contributed by atoms with van der Waals surface area (Å²) in [5.74, 6) is -0.167. The zero-order valence-electron chi connectivity index (χ0n) is 11.1. The van der Waals surface area contributed by atoms with Gasteiger partial charge in [-0.3, -0.25) is 10.2 Å². The van der Waals surface area contributed by atoms with Crippen LogP contribution in [-0.4, -0.2) is 56.9 Å². The van der Waals surface area contributed by atoms with Gasteiger partial charge in [-0.25, -0.2) is 4.39 Å². The van der Waals surface area contributed by atoms with E-state index in [4.69, 9.17) is 0 Å². The molecule has 104 valence electrons. The van der Waals surface area contributed by atoms with Gasteiger partial charge >= 0.3 is 0 Å². The van der Waals surface area contributed by atoms with Gasteiger partial charge in [-0.2, -0.15) is 0 Å². The molecule has 3 rings (SSSR count). The third kappa shape index (κ3) is 3.05. The van der Waals surface area contributed by atoms with Gasteiger partial charge in [0.2, 0.25) is 0 Å². The second-order valence-electron chi connectivity index (χ2n) is 5.17. The fraction of sp³-hybridized carbons (Fsp3) is 0.571. The fourth-order valence-electron chi connectivity index (χ4n) is 2.84. The molecule has 0 aromatic heterocycles. The molecule has 1 aromatic rings. The number of halogens is 1. The van der Waals surface area contributed by atoms with E-state index >= 15 is 0 Å². The SMILES string of the molecule is Fc1ccc(N2CCN(C3CNCCN3)CC2)cc1. The van der Waals surface area contributed by atoms with Gasteiger partial charge in [-0.05, 0) is 24.3 Å². The molecule has 19 heavy (non-hydrogen) atoms. The molecule has 0 radical (unpaired) electrons. The van der Waals surface area contributed by atoms with Gasteiger partial charge in [0.15, 0.2) is 0 Å². The third-order valence-electron chi connectivity index (χ3n) is 3.97. The van der Waals surface area contributed by atoms with E-state index in [-0.39, 0.29) is 5.82 Å². The number of benzene rings is 1. The number of rotatable bonds is 2. The Morgan fingerprint density at radius 3 is 2.37 bits per heavy atom. The van der Waals surface area contributed by atoms with E-state index in [0.29, 0.717) is 6.17 Å². The van der Waals surface area contributed by atoms with Gasteiger partial charge in [-0.15, -0.1) is 0 Å². The number of nitrogens with zero attached hydrogens (tertiary/aromatic N) is 2. The van der Waals surface area contributed by atoms with Crippen LogP contribution in [-0.2, 0) is 0 Å². The molecule has 0 spiro atoms. The van der Waals surface area contributed by atoms with Crippen LogP contribution in [0.3, 0.4) is 0 Å². The van der Waals surface area contributed by atoms with Crippen molar-refractivity contribution in [3.05, 3.63) is 30.1 Å².